The predicted octanol–water partition coefficient (Wildman–Crippen LogP) is 2.03. The highest BCUT2D eigenvalue weighted by molar-refractivity contribution is 7.12. The summed E-state index contributed by atoms with van der Waals surface area (Å²) in [5.74, 6) is 1.49. The number of benzene rings is 1. The van der Waals surface area contributed by atoms with E-state index < -0.39 is 0 Å². The van der Waals surface area contributed by atoms with Crippen LogP contribution in [-0.4, -0.2) is 31.7 Å². The molecule has 0 amide bonds. The van der Waals surface area contributed by atoms with Crippen molar-refractivity contribution in [3.8, 4) is 17.2 Å². The summed E-state index contributed by atoms with van der Waals surface area (Å²) in [6.45, 7) is 0. The van der Waals surface area contributed by atoms with E-state index in [9.17, 15) is 9.59 Å². The fraction of sp³-hybridized carbons (Fsp3) is 0.200. The van der Waals surface area contributed by atoms with Gasteiger partial charge in [0.2, 0.25) is 0 Å². The highest BCUT2D eigenvalue weighted by atomic mass is 32.1. The topological polar surface area (TPSA) is 66.8 Å². The molecule has 0 saturated carbocycles. The van der Waals surface area contributed by atoms with E-state index in [1.807, 2.05) is 11.4 Å². The van der Waals surface area contributed by atoms with E-state index in [-0.39, 0.29) is 11.3 Å². The smallest absolute Gasteiger partial charge is 0.268 e. The molecule has 2 heterocycles. The molecule has 8 heteroatoms. The van der Waals surface area contributed by atoms with E-state index in [1.165, 1.54) is 33.3 Å². The maximum atomic E-state index is 12.7. The van der Waals surface area contributed by atoms with E-state index >= 15 is 0 Å². The number of thiophene rings is 1. The number of ketones is 1. The van der Waals surface area contributed by atoms with Crippen molar-refractivity contribution >= 4 is 40.6 Å². The molecule has 1 aromatic carbocycles. The van der Waals surface area contributed by atoms with Crippen LogP contribution in [0.15, 0.2) is 34.4 Å². The average Bonchev–Trinajstić information content (AvgIpc) is 3.33. The molecule has 0 unspecified atom stereocenters. The Hall–Kier alpha value is -2.84. The van der Waals surface area contributed by atoms with Crippen molar-refractivity contribution in [1.82, 2.24) is 4.57 Å². The Morgan fingerprint density at radius 3 is 2.36 bits per heavy atom. The molecule has 3 aromatic rings. The number of rotatable bonds is 6. The summed E-state index contributed by atoms with van der Waals surface area (Å²) in [6.07, 6.45) is 3.21. The van der Waals surface area contributed by atoms with Gasteiger partial charge in [-0.1, -0.05) is 6.07 Å². The third-order valence-corrected chi connectivity index (χ3v) is 6.10. The summed E-state index contributed by atoms with van der Waals surface area (Å²) in [5.41, 5.74) is 0.488. The molecule has 146 valence electrons. The minimum atomic E-state index is -0.188. The number of Topliss-reactive ketones (excluding diaryl/α,β-unsaturated/α-hetero) is 1. The molecule has 0 radical (unpaired) electrons. The Bertz CT molecular complexity index is 1170. The first-order valence-corrected chi connectivity index (χ1v) is 9.95. The van der Waals surface area contributed by atoms with Crippen molar-refractivity contribution in [2.45, 2.75) is 0 Å². The van der Waals surface area contributed by atoms with Gasteiger partial charge in [-0.3, -0.25) is 9.59 Å². The summed E-state index contributed by atoms with van der Waals surface area (Å²) in [7, 11) is 6.28. The monoisotopic (exact) mass is 417 g/mol. The van der Waals surface area contributed by atoms with Crippen molar-refractivity contribution in [2.75, 3.05) is 21.3 Å². The van der Waals surface area contributed by atoms with Gasteiger partial charge < -0.3 is 18.8 Å². The average molecular weight is 418 g/mol. The van der Waals surface area contributed by atoms with Gasteiger partial charge in [0.25, 0.3) is 5.56 Å². The number of nitrogens with zero attached hydrogens (tertiary/aromatic N) is 1. The fourth-order valence-electron chi connectivity index (χ4n) is 2.62. The van der Waals surface area contributed by atoms with E-state index in [0.717, 1.165) is 0 Å². The van der Waals surface area contributed by atoms with Gasteiger partial charge in [0.1, 0.15) is 10.4 Å². The van der Waals surface area contributed by atoms with Gasteiger partial charge in [-0.05, 0) is 23.6 Å². The van der Waals surface area contributed by atoms with Crippen LogP contribution in [0.3, 0.4) is 0 Å². The molecule has 2 aromatic heterocycles. The van der Waals surface area contributed by atoms with E-state index in [2.05, 4.69) is 0 Å². The van der Waals surface area contributed by atoms with Gasteiger partial charge in [-0.25, -0.2) is 0 Å². The van der Waals surface area contributed by atoms with Crippen LogP contribution in [0.4, 0.5) is 0 Å². The number of ether oxygens (including phenoxy) is 3. The Morgan fingerprint density at radius 1 is 1.07 bits per heavy atom. The second-order valence-corrected chi connectivity index (χ2v) is 7.76. The highest BCUT2D eigenvalue weighted by Crippen LogP contribution is 2.34. The molecule has 0 atom stereocenters. The third-order valence-electron chi connectivity index (χ3n) is 4.10. The third kappa shape index (κ3) is 3.88. The van der Waals surface area contributed by atoms with Crippen LogP contribution in [0.2, 0.25) is 0 Å². The normalized spacial score (nSPS) is 12.3. The van der Waals surface area contributed by atoms with Crippen LogP contribution < -0.4 is 29.0 Å². The number of hydrogen-bond acceptors (Lipinski definition) is 7. The zero-order chi connectivity index (χ0) is 20.3. The van der Waals surface area contributed by atoms with Crippen molar-refractivity contribution < 1.29 is 19.0 Å². The van der Waals surface area contributed by atoms with Gasteiger partial charge in [-0.15, -0.1) is 22.7 Å². The molecule has 3 rings (SSSR count). The minimum absolute atomic E-state index is 0.123. The summed E-state index contributed by atoms with van der Waals surface area (Å²) in [4.78, 5) is 25.6. The maximum absolute atomic E-state index is 12.7. The minimum Gasteiger partial charge on any atom is -0.496 e. The predicted molar refractivity (Wildman–Crippen MR) is 112 cm³/mol. The van der Waals surface area contributed by atoms with Gasteiger partial charge in [-0.2, -0.15) is 0 Å². The summed E-state index contributed by atoms with van der Waals surface area (Å²) >= 11 is 2.61. The van der Waals surface area contributed by atoms with Crippen molar-refractivity contribution in [3.63, 3.8) is 0 Å². The SMILES string of the molecule is COc1cc(OC)c(OC)cc1/C=c1\s/c(=C\C(=O)c2cccs2)n(C)c1=O. The van der Waals surface area contributed by atoms with Crippen LogP contribution in [0.1, 0.15) is 15.2 Å². The maximum Gasteiger partial charge on any atom is 0.268 e. The summed E-state index contributed by atoms with van der Waals surface area (Å²) < 4.78 is 18.6. The largest absolute Gasteiger partial charge is 0.496 e. The molecular weight excluding hydrogens is 398 g/mol. The standard InChI is InChI=1S/C20H19NO5S2/c1-21-19(10-13(22)17-6-5-7-27-17)28-18(20(21)23)9-12-8-15(25-3)16(26-4)11-14(12)24-2/h5-11H,1-4H3/b18-9-,19-10-. The molecule has 0 fully saturated rings. The molecule has 0 aliphatic rings. The lowest BCUT2D eigenvalue weighted by Crippen LogP contribution is -2.29. The molecule has 0 bridgehead atoms. The fourth-order valence-corrected chi connectivity index (χ4v) is 4.27. The Labute approximate surface area is 169 Å². The Kier molecular flexibility index (Phi) is 6.01. The van der Waals surface area contributed by atoms with E-state index in [0.29, 0.717) is 36.9 Å². The van der Waals surface area contributed by atoms with E-state index in [4.69, 9.17) is 14.2 Å². The van der Waals surface area contributed by atoms with Gasteiger partial charge in [0.15, 0.2) is 17.3 Å². The van der Waals surface area contributed by atoms with Crippen molar-refractivity contribution in [3.05, 3.63) is 59.6 Å². The molecule has 0 aliphatic carbocycles. The number of thiazole rings is 1. The quantitative estimate of drug-likeness (QED) is 0.574. The second-order valence-electron chi connectivity index (χ2n) is 5.75. The van der Waals surface area contributed by atoms with Gasteiger partial charge >= 0.3 is 0 Å². The Morgan fingerprint density at radius 2 is 1.75 bits per heavy atom. The molecule has 6 nitrogen and oxygen atoms in total. The number of carbonyl (C=O) groups is 1. The molecule has 0 aliphatic heterocycles. The number of carbonyl (C=O) groups excluding carboxylic acids is 1. The first-order valence-electron chi connectivity index (χ1n) is 8.25. The van der Waals surface area contributed by atoms with Crippen LogP contribution >= 0.6 is 22.7 Å². The first kappa shape index (κ1) is 19.9. The molecular formula is C20H19NO5S2. The molecule has 28 heavy (non-hydrogen) atoms. The molecule has 0 N–H and O–H groups in total. The molecule has 0 saturated heterocycles. The number of aromatic nitrogens is 1. The lowest BCUT2D eigenvalue weighted by Gasteiger charge is -2.11. The van der Waals surface area contributed by atoms with Crippen LogP contribution in [0.25, 0.3) is 12.2 Å². The van der Waals surface area contributed by atoms with Crippen molar-refractivity contribution in [2.24, 2.45) is 7.05 Å². The summed E-state index contributed by atoms with van der Waals surface area (Å²) in [5, 5.41) is 1.84. The lowest BCUT2D eigenvalue weighted by molar-refractivity contribution is 0.106. The van der Waals surface area contributed by atoms with Crippen molar-refractivity contribution in [1.29, 1.82) is 0 Å². The zero-order valence-corrected chi connectivity index (χ0v) is 17.5. The lowest BCUT2D eigenvalue weighted by atomic mass is 10.1. The Balaban J connectivity index is 2.14. The summed E-state index contributed by atoms with van der Waals surface area (Å²) in [6, 6.07) is 7.03. The van der Waals surface area contributed by atoms with Crippen LogP contribution in [0.5, 0.6) is 17.2 Å². The van der Waals surface area contributed by atoms with Gasteiger partial charge in [0, 0.05) is 24.8 Å². The number of hydrogen-bond donors (Lipinski definition) is 0. The van der Waals surface area contributed by atoms with Crippen LogP contribution in [0, 0.1) is 0 Å². The van der Waals surface area contributed by atoms with Gasteiger partial charge in [0.05, 0.1) is 30.7 Å². The van der Waals surface area contributed by atoms with E-state index in [1.54, 1.807) is 52.7 Å². The van der Waals surface area contributed by atoms with Crippen LogP contribution in [-0.2, 0) is 7.05 Å². The first-order chi connectivity index (χ1) is 13.5. The number of methoxy groups -OCH3 is 3. The molecule has 0 spiro atoms. The zero-order valence-electron chi connectivity index (χ0n) is 15.8. The second kappa shape index (κ2) is 8.45. The highest BCUT2D eigenvalue weighted by Gasteiger charge is 2.12.